The molecule has 2 aliphatic rings. The van der Waals surface area contributed by atoms with Crippen LogP contribution in [-0.2, 0) is 4.74 Å². The molecule has 2 N–H and O–H groups in total. The van der Waals surface area contributed by atoms with Gasteiger partial charge in [-0.3, -0.25) is 5.10 Å². The lowest BCUT2D eigenvalue weighted by Crippen LogP contribution is -2.36. The number of hydrogen-bond acceptors (Lipinski definition) is 8. The Morgan fingerprint density at radius 1 is 1.03 bits per heavy atom. The minimum Gasteiger partial charge on any atom is -0.490 e. The summed E-state index contributed by atoms with van der Waals surface area (Å²) in [6.07, 6.45) is 7.77. The van der Waals surface area contributed by atoms with Crippen molar-refractivity contribution >= 4 is 28.2 Å². The fourth-order valence-electron chi connectivity index (χ4n) is 4.83. The Bertz CT molecular complexity index is 1300. The Kier molecular flexibility index (Phi) is 6.40. The first kappa shape index (κ1) is 22.8. The third-order valence-electron chi connectivity index (χ3n) is 6.95. The van der Waals surface area contributed by atoms with E-state index in [4.69, 9.17) is 14.5 Å². The number of ether oxygens (including phenoxy) is 2. The third-order valence-corrected chi connectivity index (χ3v) is 6.95. The minimum atomic E-state index is 0.189. The van der Waals surface area contributed by atoms with Crippen LogP contribution in [0.5, 0.6) is 5.75 Å². The quantitative estimate of drug-likeness (QED) is 0.422. The highest BCUT2D eigenvalue weighted by atomic mass is 16.5. The largest absolute Gasteiger partial charge is 0.490 e. The molecular weight excluding hydrogens is 454 g/mol. The van der Waals surface area contributed by atoms with Crippen LogP contribution in [0.15, 0.2) is 55.0 Å². The fraction of sp³-hybridized carbons (Fsp3) is 0.370. The van der Waals surface area contributed by atoms with E-state index in [0.29, 0.717) is 5.95 Å². The summed E-state index contributed by atoms with van der Waals surface area (Å²) in [5.74, 6) is 1.39. The zero-order valence-corrected chi connectivity index (χ0v) is 20.5. The summed E-state index contributed by atoms with van der Waals surface area (Å²) < 4.78 is 12.0. The van der Waals surface area contributed by atoms with Gasteiger partial charge in [0.05, 0.1) is 24.9 Å². The molecule has 4 heterocycles. The van der Waals surface area contributed by atoms with E-state index >= 15 is 0 Å². The lowest BCUT2D eigenvalue weighted by Gasteiger charge is -2.30. The Labute approximate surface area is 210 Å². The summed E-state index contributed by atoms with van der Waals surface area (Å²) in [7, 11) is 2.16. The second-order valence-corrected chi connectivity index (χ2v) is 9.48. The molecule has 2 aromatic carbocycles. The molecule has 186 valence electrons. The molecule has 0 unspecified atom stereocenters. The van der Waals surface area contributed by atoms with E-state index in [0.717, 1.165) is 85.7 Å². The number of aromatic nitrogens is 4. The Morgan fingerprint density at radius 2 is 1.83 bits per heavy atom. The smallest absolute Gasteiger partial charge is 0.227 e. The number of rotatable bonds is 6. The second-order valence-electron chi connectivity index (χ2n) is 9.48. The molecule has 0 amide bonds. The minimum absolute atomic E-state index is 0.189. The van der Waals surface area contributed by atoms with Gasteiger partial charge in [0.15, 0.2) is 0 Å². The number of hydrogen-bond donors (Lipinski definition) is 2. The van der Waals surface area contributed by atoms with Crippen molar-refractivity contribution in [1.29, 1.82) is 0 Å². The van der Waals surface area contributed by atoms with Gasteiger partial charge < -0.3 is 24.6 Å². The first-order valence-corrected chi connectivity index (χ1v) is 12.6. The van der Waals surface area contributed by atoms with Crippen molar-refractivity contribution in [3.05, 3.63) is 55.0 Å². The van der Waals surface area contributed by atoms with E-state index in [1.54, 1.807) is 0 Å². The topological polar surface area (TPSA) is 91.4 Å². The van der Waals surface area contributed by atoms with Gasteiger partial charge in [0.1, 0.15) is 11.9 Å². The van der Waals surface area contributed by atoms with Gasteiger partial charge in [-0.15, -0.1) is 0 Å². The summed E-state index contributed by atoms with van der Waals surface area (Å²) in [6, 6.07) is 12.5. The molecule has 0 bridgehead atoms. The molecule has 4 aromatic rings. The highest BCUT2D eigenvalue weighted by molar-refractivity contribution is 5.88. The van der Waals surface area contributed by atoms with E-state index in [9.17, 15) is 0 Å². The number of benzene rings is 2. The average Bonchev–Trinajstić information content (AvgIpc) is 3.45. The van der Waals surface area contributed by atoms with Crippen LogP contribution in [0, 0.1) is 0 Å². The van der Waals surface area contributed by atoms with Crippen LogP contribution in [0.2, 0.25) is 0 Å². The standard InChI is InChI=1S/C27H31N7O2/c1-33-8-6-23(7-9-33)36-26-15-25-19(14-24(26)20-17-29-30-18-20)16-28-27(32-25)31-21-2-4-22(5-3-21)34-10-12-35-13-11-34/h2-5,14-18,23H,6-13H2,1H3,(H,29,30)(H,28,31,32). The van der Waals surface area contributed by atoms with Crippen LogP contribution in [-0.4, -0.2) is 77.6 Å². The van der Waals surface area contributed by atoms with Crippen LogP contribution < -0.4 is 15.0 Å². The number of fused-ring (bicyclic) bond motifs is 1. The van der Waals surface area contributed by atoms with Crippen molar-refractivity contribution in [1.82, 2.24) is 25.1 Å². The van der Waals surface area contributed by atoms with Gasteiger partial charge in [-0.2, -0.15) is 5.10 Å². The van der Waals surface area contributed by atoms with E-state index in [1.807, 2.05) is 24.7 Å². The maximum atomic E-state index is 6.53. The van der Waals surface area contributed by atoms with Crippen LogP contribution in [0.1, 0.15) is 12.8 Å². The highest BCUT2D eigenvalue weighted by Crippen LogP contribution is 2.35. The van der Waals surface area contributed by atoms with Crippen molar-refractivity contribution in [2.24, 2.45) is 0 Å². The van der Waals surface area contributed by atoms with Gasteiger partial charge in [0.2, 0.25) is 5.95 Å². The zero-order chi connectivity index (χ0) is 24.3. The number of likely N-dealkylation sites (tertiary alicyclic amines) is 1. The molecule has 0 radical (unpaired) electrons. The van der Waals surface area contributed by atoms with E-state index in [1.165, 1.54) is 5.69 Å². The lowest BCUT2D eigenvalue weighted by atomic mass is 10.0. The molecule has 6 rings (SSSR count). The van der Waals surface area contributed by atoms with Gasteiger partial charge in [0, 0.05) is 72.5 Å². The monoisotopic (exact) mass is 485 g/mol. The maximum Gasteiger partial charge on any atom is 0.227 e. The molecule has 0 spiro atoms. The normalized spacial score (nSPS) is 17.4. The Morgan fingerprint density at radius 3 is 2.58 bits per heavy atom. The molecule has 2 aromatic heterocycles. The fourth-order valence-corrected chi connectivity index (χ4v) is 4.83. The van der Waals surface area contributed by atoms with Crippen molar-refractivity contribution in [3.63, 3.8) is 0 Å². The summed E-state index contributed by atoms with van der Waals surface area (Å²) in [5.41, 5.74) is 4.98. The molecule has 0 atom stereocenters. The first-order chi connectivity index (χ1) is 17.7. The number of morpholine rings is 1. The molecule has 36 heavy (non-hydrogen) atoms. The molecule has 9 heteroatoms. The van der Waals surface area contributed by atoms with E-state index in [-0.39, 0.29) is 6.10 Å². The SMILES string of the molecule is CN1CCC(Oc2cc3nc(Nc4ccc(N5CCOCC5)cc4)ncc3cc2-c2cn[nH]c2)CC1. The van der Waals surface area contributed by atoms with Crippen LogP contribution >= 0.6 is 0 Å². The molecule has 2 aliphatic heterocycles. The highest BCUT2D eigenvalue weighted by Gasteiger charge is 2.21. The average molecular weight is 486 g/mol. The molecule has 9 nitrogen and oxygen atoms in total. The van der Waals surface area contributed by atoms with Crippen LogP contribution in [0.4, 0.5) is 17.3 Å². The predicted molar refractivity (Wildman–Crippen MR) is 141 cm³/mol. The van der Waals surface area contributed by atoms with Crippen molar-refractivity contribution in [3.8, 4) is 16.9 Å². The summed E-state index contributed by atoms with van der Waals surface area (Å²) in [6.45, 7) is 5.47. The Balaban J connectivity index is 1.25. The van der Waals surface area contributed by atoms with Gasteiger partial charge in [-0.25, -0.2) is 9.97 Å². The molecule has 0 saturated carbocycles. The molecule has 0 aliphatic carbocycles. The first-order valence-electron chi connectivity index (χ1n) is 12.6. The predicted octanol–water partition coefficient (Wildman–Crippen LogP) is 4.07. The number of piperidine rings is 1. The van der Waals surface area contributed by atoms with E-state index < -0.39 is 0 Å². The number of nitrogens with one attached hydrogen (secondary N) is 2. The van der Waals surface area contributed by atoms with Gasteiger partial charge in [0.25, 0.3) is 0 Å². The summed E-state index contributed by atoms with van der Waals surface area (Å²) in [4.78, 5) is 14.1. The van der Waals surface area contributed by atoms with Gasteiger partial charge in [-0.05, 0) is 50.2 Å². The number of anilines is 3. The number of H-pyrrole nitrogens is 1. The maximum absolute atomic E-state index is 6.53. The number of aromatic amines is 1. The van der Waals surface area contributed by atoms with Gasteiger partial charge in [-0.1, -0.05) is 0 Å². The molecule has 2 saturated heterocycles. The van der Waals surface area contributed by atoms with Crippen molar-refractivity contribution in [2.75, 3.05) is 56.7 Å². The van der Waals surface area contributed by atoms with Crippen molar-refractivity contribution < 1.29 is 9.47 Å². The van der Waals surface area contributed by atoms with Gasteiger partial charge >= 0.3 is 0 Å². The summed E-state index contributed by atoms with van der Waals surface area (Å²) >= 11 is 0. The third kappa shape index (κ3) is 4.98. The zero-order valence-electron chi connectivity index (χ0n) is 20.5. The molecular formula is C27H31N7O2. The second kappa shape index (κ2) is 10.1. The van der Waals surface area contributed by atoms with Crippen molar-refractivity contribution in [2.45, 2.75) is 18.9 Å². The Hall–Kier alpha value is -3.69. The van der Waals surface area contributed by atoms with E-state index in [2.05, 4.69) is 67.7 Å². The molecule has 2 fully saturated rings. The van der Waals surface area contributed by atoms with Crippen LogP contribution in [0.25, 0.3) is 22.0 Å². The lowest BCUT2D eigenvalue weighted by molar-refractivity contribution is 0.115. The summed E-state index contributed by atoms with van der Waals surface area (Å²) in [5, 5.41) is 11.3. The van der Waals surface area contributed by atoms with Crippen LogP contribution in [0.3, 0.4) is 0 Å². The number of nitrogens with zero attached hydrogens (tertiary/aromatic N) is 5.